The molecule has 0 saturated heterocycles. The lowest BCUT2D eigenvalue weighted by Crippen LogP contribution is -1.92. The van der Waals surface area contributed by atoms with Gasteiger partial charge in [0.05, 0.1) is 11.4 Å². The summed E-state index contributed by atoms with van der Waals surface area (Å²) in [6.45, 7) is 0. The Morgan fingerprint density at radius 1 is 0.818 bits per heavy atom. The number of carboxylic acids is 2. The molecule has 0 aliphatic carbocycles. The molecule has 3 aromatic rings. The van der Waals surface area contributed by atoms with E-state index in [1.807, 2.05) is 0 Å². The van der Waals surface area contributed by atoms with Crippen molar-refractivity contribution in [2.75, 3.05) is 0 Å². The van der Waals surface area contributed by atoms with Crippen LogP contribution in [0.25, 0.3) is 22.8 Å². The third-order valence-electron chi connectivity index (χ3n) is 2.72. The average Bonchev–Trinajstić information content (AvgIpc) is 3.17. The summed E-state index contributed by atoms with van der Waals surface area (Å²) in [5, 5.41) is 24.8. The van der Waals surface area contributed by atoms with Crippen molar-refractivity contribution in [1.82, 2.24) is 15.3 Å². The molecule has 0 amide bonds. The van der Waals surface area contributed by atoms with Crippen molar-refractivity contribution in [2.24, 2.45) is 0 Å². The number of pyridine rings is 1. The molecule has 22 heavy (non-hydrogen) atoms. The average molecular weight is 301 g/mol. The van der Waals surface area contributed by atoms with Gasteiger partial charge in [0.25, 0.3) is 0 Å². The summed E-state index contributed by atoms with van der Waals surface area (Å²) in [6.07, 6.45) is 0. The minimum absolute atomic E-state index is 0.237. The highest BCUT2D eigenvalue weighted by Gasteiger charge is 2.16. The molecule has 0 fully saturated rings. The quantitative estimate of drug-likeness (QED) is 0.737. The molecule has 9 nitrogen and oxygen atoms in total. The second-order valence-electron chi connectivity index (χ2n) is 4.17. The van der Waals surface area contributed by atoms with Gasteiger partial charge in [-0.25, -0.2) is 14.6 Å². The van der Waals surface area contributed by atoms with Gasteiger partial charge < -0.3 is 19.3 Å². The Labute approximate surface area is 121 Å². The van der Waals surface area contributed by atoms with Crippen molar-refractivity contribution in [2.45, 2.75) is 0 Å². The molecule has 2 N–H and O–H groups in total. The zero-order chi connectivity index (χ0) is 15.7. The lowest BCUT2D eigenvalue weighted by molar-refractivity contribution is 0.0642. The van der Waals surface area contributed by atoms with E-state index in [9.17, 15) is 9.59 Å². The summed E-state index contributed by atoms with van der Waals surface area (Å²) < 4.78 is 9.32. The van der Waals surface area contributed by atoms with Gasteiger partial charge in [-0.15, -0.1) is 0 Å². The summed E-state index contributed by atoms with van der Waals surface area (Å²) in [7, 11) is 0. The van der Waals surface area contributed by atoms with Gasteiger partial charge in [-0.1, -0.05) is 16.4 Å². The normalized spacial score (nSPS) is 10.5. The van der Waals surface area contributed by atoms with Crippen LogP contribution in [0.2, 0.25) is 0 Å². The van der Waals surface area contributed by atoms with E-state index in [2.05, 4.69) is 24.3 Å². The van der Waals surface area contributed by atoms with Gasteiger partial charge in [0.1, 0.15) is 11.4 Å². The fraction of sp³-hybridized carbons (Fsp3) is 0. The molecule has 9 heteroatoms. The van der Waals surface area contributed by atoms with E-state index < -0.39 is 11.9 Å². The number of carbonyl (C=O) groups is 2. The summed E-state index contributed by atoms with van der Waals surface area (Å²) in [4.78, 5) is 25.8. The monoisotopic (exact) mass is 301 g/mol. The minimum atomic E-state index is -1.24. The maximum Gasteiger partial charge on any atom is 0.374 e. The maximum atomic E-state index is 10.8. The standard InChI is InChI=1S/C13H7N3O6/c17-12(18)10-4-8(15-21-10)6-2-1-3-7(14-6)9-5-11(13(19)20)22-16-9/h1-5H,(H,17,18)(H,19,20). The first-order chi connectivity index (χ1) is 10.5. The molecule has 0 unspecified atom stereocenters. The highest BCUT2D eigenvalue weighted by molar-refractivity contribution is 5.86. The zero-order valence-corrected chi connectivity index (χ0v) is 10.8. The fourth-order valence-corrected chi connectivity index (χ4v) is 1.71. The molecule has 0 saturated carbocycles. The Kier molecular flexibility index (Phi) is 3.14. The highest BCUT2D eigenvalue weighted by atomic mass is 16.5. The Balaban J connectivity index is 1.97. The first-order valence-electron chi connectivity index (χ1n) is 5.92. The van der Waals surface area contributed by atoms with Crippen LogP contribution in [-0.4, -0.2) is 37.4 Å². The van der Waals surface area contributed by atoms with Crippen LogP contribution in [0.1, 0.15) is 21.1 Å². The van der Waals surface area contributed by atoms with Crippen LogP contribution in [0.5, 0.6) is 0 Å². The SMILES string of the molecule is O=C(O)c1cc(-c2cccc(-c3cc(C(=O)O)on3)n2)no1. The first-order valence-corrected chi connectivity index (χ1v) is 5.92. The van der Waals surface area contributed by atoms with E-state index in [0.717, 1.165) is 0 Å². The van der Waals surface area contributed by atoms with Crippen LogP contribution >= 0.6 is 0 Å². The van der Waals surface area contributed by atoms with Gasteiger partial charge >= 0.3 is 11.9 Å². The van der Waals surface area contributed by atoms with Gasteiger partial charge in [-0.3, -0.25) is 0 Å². The topological polar surface area (TPSA) is 140 Å². The molecule has 3 aromatic heterocycles. The molecule has 3 heterocycles. The molecule has 0 aliphatic rings. The first kappa shape index (κ1) is 13.5. The van der Waals surface area contributed by atoms with Crippen molar-refractivity contribution in [3.63, 3.8) is 0 Å². The lowest BCUT2D eigenvalue weighted by atomic mass is 10.2. The number of nitrogens with zero attached hydrogens (tertiary/aromatic N) is 3. The van der Waals surface area contributed by atoms with Crippen LogP contribution in [-0.2, 0) is 0 Å². The van der Waals surface area contributed by atoms with E-state index >= 15 is 0 Å². The fourth-order valence-electron chi connectivity index (χ4n) is 1.71. The van der Waals surface area contributed by atoms with Gasteiger partial charge in [0.2, 0.25) is 11.5 Å². The third-order valence-corrected chi connectivity index (χ3v) is 2.72. The Hall–Kier alpha value is -3.49. The summed E-state index contributed by atoms with van der Waals surface area (Å²) in [6, 6.07) is 7.32. The minimum Gasteiger partial charge on any atom is -0.475 e. The molecule has 110 valence electrons. The molecular weight excluding hydrogens is 294 g/mol. The van der Waals surface area contributed by atoms with Crippen LogP contribution in [0, 0.1) is 0 Å². The third kappa shape index (κ3) is 2.42. The van der Waals surface area contributed by atoms with E-state index in [4.69, 9.17) is 10.2 Å². The lowest BCUT2D eigenvalue weighted by Gasteiger charge is -1.97. The largest absolute Gasteiger partial charge is 0.475 e. The zero-order valence-electron chi connectivity index (χ0n) is 10.8. The Bertz CT molecular complexity index is 799. The number of rotatable bonds is 4. The molecular formula is C13H7N3O6. The van der Waals surface area contributed by atoms with Gasteiger partial charge in [0, 0.05) is 12.1 Å². The van der Waals surface area contributed by atoms with Crippen LogP contribution in [0.4, 0.5) is 0 Å². The van der Waals surface area contributed by atoms with Crippen molar-refractivity contribution >= 4 is 11.9 Å². The second-order valence-corrected chi connectivity index (χ2v) is 4.17. The van der Waals surface area contributed by atoms with Gasteiger partial charge in [-0.2, -0.15) is 0 Å². The molecule has 0 aromatic carbocycles. The maximum absolute atomic E-state index is 10.8. The Morgan fingerprint density at radius 2 is 1.27 bits per heavy atom. The van der Waals surface area contributed by atoms with Gasteiger partial charge in [-0.05, 0) is 12.1 Å². The van der Waals surface area contributed by atoms with Crippen LogP contribution in [0.15, 0.2) is 39.4 Å². The number of hydrogen-bond acceptors (Lipinski definition) is 7. The molecule has 0 aliphatic heterocycles. The highest BCUT2D eigenvalue weighted by Crippen LogP contribution is 2.22. The van der Waals surface area contributed by atoms with E-state index in [0.29, 0.717) is 11.4 Å². The predicted molar refractivity (Wildman–Crippen MR) is 69.1 cm³/mol. The number of carboxylic acid groups (broad SMARTS) is 2. The Morgan fingerprint density at radius 3 is 1.64 bits per heavy atom. The van der Waals surface area contributed by atoms with Crippen LogP contribution in [0.3, 0.4) is 0 Å². The summed E-state index contributed by atoms with van der Waals surface area (Å²) in [5.74, 6) is -3.09. The summed E-state index contributed by atoms with van der Waals surface area (Å²) >= 11 is 0. The van der Waals surface area contributed by atoms with E-state index in [1.165, 1.54) is 12.1 Å². The van der Waals surface area contributed by atoms with Crippen molar-refractivity contribution in [1.29, 1.82) is 0 Å². The van der Waals surface area contributed by atoms with Crippen molar-refractivity contribution in [3.05, 3.63) is 41.9 Å². The molecule has 0 atom stereocenters. The predicted octanol–water partition coefficient (Wildman–Crippen LogP) is 1.79. The van der Waals surface area contributed by atoms with Crippen molar-refractivity contribution in [3.8, 4) is 22.8 Å². The smallest absolute Gasteiger partial charge is 0.374 e. The summed E-state index contributed by atoms with van der Waals surface area (Å²) in [5.41, 5.74) is 1.18. The van der Waals surface area contributed by atoms with Crippen molar-refractivity contribution < 1.29 is 28.8 Å². The van der Waals surface area contributed by atoms with E-state index in [1.54, 1.807) is 18.2 Å². The molecule has 0 spiro atoms. The number of aromatic nitrogens is 3. The van der Waals surface area contributed by atoms with Crippen LogP contribution < -0.4 is 0 Å². The number of hydrogen-bond donors (Lipinski definition) is 2. The molecule has 3 rings (SSSR count). The number of aromatic carboxylic acids is 2. The second kappa shape index (κ2) is 5.13. The molecule has 0 bridgehead atoms. The van der Waals surface area contributed by atoms with E-state index in [-0.39, 0.29) is 22.9 Å². The molecule has 0 radical (unpaired) electrons. The van der Waals surface area contributed by atoms with Gasteiger partial charge in [0.15, 0.2) is 0 Å².